The van der Waals surface area contributed by atoms with E-state index < -0.39 is 0 Å². The zero-order valence-corrected chi connectivity index (χ0v) is 9.44. The molecule has 0 saturated carbocycles. The van der Waals surface area contributed by atoms with E-state index in [0.717, 1.165) is 31.3 Å². The van der Waals surface area contributed by atoms with Crippen LogP contribution in [0.5, 0.6) is 0 Å². The molecule has 2 rings (SSSR count). The van der Waals surface area contributed by atoms with Crippen LogP contribution in [-0.4, -0.2) is 34.1 Å². The predicted molar refractivity (Wildman–Crippen MR) is 58.3 cm³/mol. The van der Waals surface area contributed by atoms with E-state index in [2.05, 4.69) is 0 Å². The molecule has 84 valence electrons. The standard InChI is InChI=1S/C12H19NO2/c1-8(2)5-12(15)13-9-3-4-10(13)7-11(14)6-9/h5,9-11,14H,3-4,6-7H2,1-2H3. The fraction of sp³-hybridized carbons (Fsp3) is 0.750. The lowest BCUT2D eigenvalue weighted by Crippen LogP contribution is -2.47. The molecule has 15 heavy (non-hydrogen) atoms. The molecule has 2 aliphatic heterocycles. The number of aliphatic hydroxyl groups is 1. The minimum atomic E-state index is -0.196. The second kappa shape index (κ2) is 3.97. The number of nitrogens with zero attached hydrogens (tertiary/aromatic N) is 1. The van der Waals surface area contributed by atoms with Gasteiger partial charge in [0.1, 0.15) is 0 Å². The Kier molecular flexibility index (Phi) is 2.83. The third-order valence-electron chi connectivity index (χ3n) is 3.37. The summed E-state index contributed by atoms with van der Waals surface area (Å²) in [7, 11) is 0. The van der Waals surface area contributed by atoms with Crippen molar-refractivity contribution in [2.45, 2.75) is 57.7 Å². The highest BCUT2D eigenvalue weighted by molar-refractivity contribution is 5.89. The lowest BCUT2D eigenvalue weighted by molar-refractivity contribution is -0.132. The zero-order valence-electron chi connectivity index (χ0n) is 9.44. The molecule has 0 aromatic rings. The van der Waals surface area contributed by atoms with E-state index in [0.29, 0.717) is 0 Å². The molecule has 0 spiro atoms. The van der Waals surface area contributed by atoms with Gasteiger partial charge in [0.25, 0.3) is 0 Å². The highest BCUT2D eigenvalue weighted by atomic mass is 16.3. The number of allylic oxidation sites excluding steroid dienone is 1. The summed E-state index contributed by atoms with van der Waals surface area (Å²) in [6.07, 6.45) is 5.16. The summed E-state index contributed by atoms with van der Waals surface area (Å²) < 4.78 is 0. The molecule has 2 fully saturated rings. The molecule has 2 aliphatic rings. The number of aliphatic hydroxyl groups excluding tert-OH is 1. The number of hydrogen-bond acceptors (Lipinski definition) is 2. The molecule has 1 N–H and O–H groups in total. The minimum absolute atomic E-state index is 0.134. The van der Waals surface area contributed by atoms with Gasteiger partial charge in [-0.3, -0.25) is 4.79 Å². The second-order valence-corrected chi connectivity index (χ2v) is 4.98. The van der Waals surface area contributed by atoms with Gasteiger partial charge >= 0.3 is 0 Å². The van der Waals surface area contributed by atoms with Crippen molar-refractivity contribution in [2.75, 3.05) is 0 Å². The lowest BCUT2D eigenvalue weighted by Gasteiger charge is -2.36. The highest BCUT2D eigenvalue weighted by Crippen LogP contribution is 2.35. The van der Waals surface area contributed by atoms with Crippen molar-refractivity contribution < 1.29 is 9.90 Å². The van der Waals surface area contributed by atoms with Crippen LogP contribution < -0.4 is 0 Å². The van der Waals surface area contributed by atoms with Crippen LogP contribution in [0.15, 0.2) is 11.6 Å². The van der Waals surface area contributed by atoms with Gasteiger partial charge in [-0.15, -0.1) is 0 Å². The third kappa shape index (κ3) is 2.07. The van der Waals surface area contributed by atoms with E-state index in [4.69, 9.17) is 0 Å². The SMILES string of the molecule is CC(C)=CC(=O)N1C2CCC1CC(O)C2. The molecular formula is C12H19NO2. The first-order chi connectivity index (χ1) is 7.08. The Balaban J connectivity index is 2.11. The molecule has 0 radical (unpaired) electrons. The fourth-order valence-electron chi connectivity index (χ4n) is 2.83. The first-order valence-electron chi connectivity index (χ1n) is 5.73. The Morgan fingerprint density at radius 3 is 2.27 bits per heavy atom. The Morgan fingerprint density at radius 2 is 1.80 bits per heavy atom. The van der Waals surface area contributed by atoms with Crippen molar-refractivity contribution in [3.8, 4) is 0 Å². The summed E-state index contributed by atoms with van der Waals surface area (Å²) in [5, 5.41) is 9.62. The summed E-state index contributed by atoms with van der Waals surface area (Å²) in [5.41, 5.74) is 1.05. The number of hydrogen-bond donors (Lipinski definition) is 1. The maximum Gasteiger partial charge on any atom is 0.246 e. The van der Waals surface area contributed by atoms with E-state index in [1.54, 1.807) is 6.08 Å². The lowest BCUT2D eigenvalue weighted by atomic mass is 9.99. The van der Waals surface area contributed by atoms with E-state index in [-0.39, 0.29) is 24.1 Å². The van der Waals surface area contributed by atoms with E-state index in [1.807, 2.05) is 18.7 Å². The average Bonchev–Trinajstić information content (AvgIpc) is 2.38. The monoisotopic (exact) mass is 209 g/mol. The number of rotatable bonds is 1. The maximum absolute atomic E-state index is 11.9. The topological polar surface area (TPSA) is 40.5 Å². The van der Waals surface area contributed by atoms with Crippen molar-refractivity contribution in [1.29, 1.82) is 0 Å². The number of amides is 1. The summed E-state index contributed by atoms with van der Waals surface area (Å²) in [6, 6.07) is 0.559. The fourth-order valence-corrected chi connectivity index (χ4v) is 2.83. The van der Waals surface area contributed by atoms with Crippen LogP contribution in [0.1, 0.15) is 39.5 Å². The second-order valence-electron chi connectivity index (χ2n) is 4.98. The Bertz CT molecular complexity index is 280. The normalized spacial score (nSPS) is 34.1. The molecule has 2 atom stereocenters. The molecule has 2 unspecified atom stereocenters. The smallest absolute Gasteiger partial charge is 0.246 e. The minimum Gasteiger partial charge on any atom is -0.393 e. The number of carbonyl (C=O) groups excluding carboxylic acids is 1. The molecule has 0 aromatic carbocycles. The molecule has 0 aromatic heterocycles. The van der Waals surface area contributed by atoms with Crippen molar-refractivity contribution >= 4 is 5.91 Å². The third-order valence-corrected chi connectivity index (χ3v) is 3.37. The average molecular weight is 209 g/mol. The van der Waals surface area contributed by atoms with Crippen molar-refractivity contribution in [1.82, 2.24) is 4.90 Å². The van der Waals surface area contributed by atoms with Crippen LogP contribution >= 0.6 is 0 Å². The molecule has 0 aliphatic carbocycles. The van der Waals surface area contributed by atoms with Gasteiger partial charge in [0.2, 0.25) is 5.91 Å². The first kappa shape index (κ1) is 10.7. The van der Waals surface area contributed by atoms with E-state index >= 15 is 0 Å². The molecule has 1 amide bonds. The van der Waals surface area contributed by atoms with Gasteiger partial charge in [0.05, 0.1) is 6.10 Å². The van der Waals surface area contributed by atoms with Gasteiger partial charge in [-0.05, 0) is 39.5 Å². The molecule has 2 saturated heterocycles. The maximum atomic E-state index is 11.9. The van der Waals surface area contributed by atoms with Crippen molar-refractivity contribution in [3.63, 3.8) is 0 Å². The molecular weight excluding hydrogens is 190 g/mol. The van der Waals surface area contributed by atoms with Crippen molar-refractivity contribution in [3.05, 3.63) is 11.6 Å². The first-order valence-corrected chi connectivity index (χ1v) is 5.73. The Hall–Kier alpha value is -0.830. The van der Waals surface area contributed by atoms with E-state index in [1.165, 1.54) is 0 Å². The number of piperidine rings is 1. The summed E-state index contributed by atoms with van der Waals surface area (Å²) in [5.74, 6) is 0.134. The van der Waals surface area contributed by atoms with Gasteiger partial charge in [-0.25, -0.2) is 0 Å². The highest BCUT2D eigenvalue weighted by Gasteiger charge is 2.41. The Morgan fingerprint density at radius 1 is 1.27 bits per heavy atom. The van der Waals surface area contributed by atoms with Crippen LogP contribution in [-0.2, 0) is 4.79 Å². The molecule has 3 nitrogen and oxygen atoms in total. The van der Waals surface area contributed by atoms with E-state index in [9.17, 15) is 9.90 Å². The van der Waals surface area contributed by atoms with Gasteiger partial charge < -0.3 is 10.0 Å². The number of fused-ring (bicyclic) bond motifs is 2. The Labute approximate surface area is 90.8 Å². The zero-order chi connectivity index (χ0) is 11.0. The summed E-state index contributed by atoms with van der Waals surface area (Å²) in [4.78, 5) is 13.9. The van der Waals surface area contributed by atoms with Crippen LogP contribution in [0.2, 0.25) is 0 Å². The summed E-state index contributed by atoms with van der Waals surface area (Å²) in [6.45, 7) is 3.89. The van der Waals surface area contributed by atoms with Gasteiger partial charge in [-0.1, -0.05) is 5.57 Å². The largest absolute Gasteiger partial charge is 0.393 e. The predicted octanol–water partition coefficient (Wildman–Crippen LogP) is 1.47. The molecule has 3 heteroatoms. The molecule has 2 bridgehead atoms. The van der Waals surface area contributed by atoms with Gasteiger partial charge in [0.15, 0.2) is 0 Å². The van der Waals surface area contributed by atoms with Gasteiger partial charge in [-0.2, -0.15) is 0 Å². The van der Waals surface area contributed by atoms with Crippen LogP contribution in [0, 0.1) is 0 Å². The van der Waals surface area contributed by atoms with Crippen LogP contribution in [0.4, 0.5) is 0 Å². The summed E-state index contributed by atoms with van der Waals surface area (Å²) >= 11 is 0. The van der Waals surface area contributed by atoms with Crippen molar-refractivity contribution in [2.24, 2.45) is 0 Å². The quantitative estimate of drug-likeness (QED) is 0.664. The van der Waals surface area contributed by atoms with Crippen LogP contribution in [0.25, 0.3) is 0 Å². The van der Waals surface area contributed by atoms with Gasteiger partial charge in [0, 0.05) is 18.2 Å². The van der Waals surface area contributed by atoms with Crippen LogP contribution in [0.3, 0.4) is 0 Å². The number of carbonyl (C=O) groups is 1. The molecule has 2 heterocycles.